The van der Waals surface area contributed by atoms with Crippen molar-refractivity contribution in [1.29, 1.82) is 0 Å². The number of carbonyl (C=O) groups excluding carboxylic acids is 1. The summed E-state index contributed by atoms with van der Waals surface area (Å²) in [5.74, 6) is 0.506. The second-order valence-electron chi connectivity index (χ2n) is 4.25. The zero-order valence-corrected chi connectivity index (χ0v) is 10.2. The molecule has 0 aliphatic carbocycles. The second-order valence-corrected chi connectivity index (χ2v) is 4.25. The average molecular weight is 219 g/mol. The minimum Gasteiger partial charge on any atom is -0.306 e. The lowest BCUT2D eigenvalue weighted by molar-refractivity contribution is -0.121. The van der Waals surface area contributed by atoms with E-state index >= 15 is 0 Å². The van der Waals surface area contributed by atoms with E-state index in [2.05, 4.69) is 24.4 Å². The van der Waals surface area contributed by atoms with Crippen LogP contribution in [-0.4, -0.2) is 12.3 Å². The zero-order chi connectivity index (χ0) is 11.8. The Morgan fingerprint density at radius 2 is 2.00 bits per heavy atom. The minimum absolute atomic E-state index is 0.188. The summed E-state index contributed by atoms with van der Waals surface area (Å²) in [5.41, 5.74) is 1.22. The van der Waals surface area contributed by atoms with Gasteiger partial charge in [0.2, 0.25) is 0 Å². The van der Waals surface area contributed by atoms with E-state index in [0.29, 0.717) is 12.3 Å². The summed E-state index contributed by atoms with van der Waals surface area (Å²) in [6.45, 7) is 5.37. The van der Waals surface area contributed by atoms with Crippen molar-refractivity contribution >= 4 is 5.78 Å². The predicted octanol–water partition coefficient (Wildman–Crippen LogP) is 2.78. The zero-order valence-electron chi connectivity index (χ0n) is 10.2. The van der Waals surface area contributed by atoms with Crippen LogP contribution < -0.4 is 5.32 Å². The van der Waals surface area contributed by atoms with E-state index < -0.39 is 0 Å². The summed E-state index contributed by atoms with van der Waals surface area (Å²) < 4.78 is 0. The van der Waals surface area contributed by atoms with Gasteiger partial charge in [-0.15, -0.1) is 0 Å². The molecule has 16 heavy (non-hydrogen) atoms. The molecule has 2 heteroatoms. The Balaban J connectivity index is 2.23. The Kier molecular flexibility index (Phi) is 5.79. The Morgan fingerprint density at radius 1 is 1.31 bits per heavy atom. The summed E-state index contributed by atoms with van der Waals surface area (Å²) in [6.07, 6.45) is 2.07. The standard InChI is InChI=1S/C14H21NO/c1-3-7-12(2)14(16)11-15-10-13-8-5-4-6-9-13/h4-6,8-9,12,15H,3,7,10-11H2,1-2H3. The number of nitrogens with one attached hydrogen (secondary N) is 1. The smallest absolute Gasteiger partial charge is 0.149 e. The van der Waals surface area contributed by atoms with Crippen LogP contribution in [0.4, 0.5) is 0 Å². The molecule has 2 nitrogen and oxygen atoms in total. The fourth-order valence-corrected chi connectivity index (χ4v) is 1.69. The SMILES string of the molecule is CCCC(C)C(=O)CNCc1ccccc1. The molecule has 0 heterocycles. The molecule has 1 aromatic carbocycles. The van der Waals surface area contributed by atoms with Crippen LogP contribution in [-0.2, 0) is 11.3 Å². The van der Waals surface area contributed by atoms with E-state index in [0.717, 1.165) is 19.4 Å². The molecule has 0 fully saturated rings. The molecule has 88 valence electrons. The van der Waals surface area contributed by atoms with Crippen LogP contribution in [0.1, 0.15) is 32.3 Å². The molecule has 0 saturated heterocycles. The van der Waals surface area contributed by atoms with Crippen LogP contribution in [0.25, 0.3) is 0 Å². The van der Waals surface area contributed by atoms with Gasteiger partial charge in [0.1, 0.15) is 5.78 Å². The quantitative estimate of drug-likeness (QED) is 0.764. The highest BCUT2D eigenvalue weighted by Gasteiger charge is 2.10. The van der Waals surface area contributed by atoms with Gasteiger partial charge in [-0.25, -0.2) is 0 Å². The van der Waals surface area contributed by atoms with Crippen molar-refractivity contribution in [1.82, 2.24) is 5.32 Å². The highest BCUT2D eigenvalue weighted by atomic mass is 16.1. The highest BCUT2D eigenvalue weighted by molar-refractivity contribution is 5.82. The normalized spacial score (nSPS) is 12.4. The van der Waals surface area contributed by atoms with Crippen molar-refractivity contribution in [3.8, 4) is 0 Å². The largest absolute Gasteiger partial charge is 0.306 e. The number of Topliss-reactive ketones (excluding diaryl/α,β-unsaturated/α-hetero) is 1. The molecule has 0 saturated carbocycles. The Labute approximate surface area is 98.1 Å². The number of hydrogen-bond donors (Lipinski definition) is 1. The monoisotopic (exact) mass is 219 g/mol. The van der Waals surface area contributed by atoms with Gasteiger partial charge in [0, 0.05) is 12.5 Å². The number of hydrogen-bond acceptors (Lipinski definition) is 2. The van der Waals surface area contributed by atoms with E-state index in [1.807, 2.05) is 25.1 Å². The molecule has 0 aromatic heterocycles. The summed E-state index contributed by atoms with van der Waals surface area (Å²) in [5, 5.41) is 3.19. The van der Waals surface area contributed by atoms with Gasteiger partial charge < -0.3 is 5.32 Å². The predicted molar refractivity (Wildman–Crippen MR) is 67.2 cm³/mol. The first-order valence-electron chi connectivity index (χ1n) is 6.01. The van der Waals surface area contributed by atoms with E-state index in [9.17, 15) is 4.79 Å². The molecule has 0 bridgehead atoms. The van der Waals surface area contributed by atoms with Crippen molar-refractivity contribution in [3.63, 3.8) is 0 Å². The van der Waals surface area contributed by atoms with Crippen LogP contribution >= 0.6 is 0 Å². The fourth-order valence-electron chi connectivity index (χ4n) is 1.69. The fraction of sp³-hybridized carbons (Fsp3) is 0.500. The van der Waals surface area contributed by atoms with Gasteiger partial charge in [-0.2, -0.15) is 0 Å². The molecular weight excluding hydrogens is 198 g/mol. The van der Waals surface area contributed by atoms with Gasteiger partial charge in [0.25, 0.3) is 0 Å². The van der Waals surface area contributed by atoms with E-state index in [4.69, 9.17) is 0 Å². The van der Waals surface area contributed by atoms with E-state index in [1.165, 1.54) is 5.56 Å². The Bertz CT molecular complexity index is 308. The molecule has 0 radical (unpaired) electrons. The van der Waals surface area contributed by atoms with Crippen LogP contribution in [0.5, 0.6) is 0 Å². The topological polar surface area (TPSA) is 29.1 Å². The third-order valence-corrected chi connectivity index (χ3v) is 2.74. The van der Waals surface area contributed by atoms with Crippen LogP contribution in [0.3, 0.4) is 0 Å². The van der Waals surface area contributed by atoms with Crippen molar-refractivity contribution in [2.75, 3.05) is 6.54 Å². The third-order valence-electron chi connectivity index (χ3n) is 2.74. The number of carbonyl (C=O) groups is 1. The molecule has 0 aliphatic heterocycles. The van der Waals surface area contributed by atoms with Gasteiger partial charge in [-0.1, -0.05) is 50.6 Å². The third kappa shape index (κ3) is 4.58. The molecule has 0 amide bonds. The maximum Gasteiger partial charge on any atom is 0.149 e. The first kappa shape index (κ1) is 12.9. The van der Waals surface area contributed by atoms with Crippen LogP contribution in [0, 0.1) is 5.92 Å². The van der Waals surface area contributed by atoms with Gasteiger partial charge in [0.05, 0.1) is 6.54 Å². The maximum atomic E-state index is 11.7. The molecule has 0 aliphatic rings. The lowest BCUT2D eigenvalue weighted by Gasteiger charge is -2.09. The van der Waals surface area contributed by atoms with Crippen LogP contribution in [0.2, 0.25) is 0 Å². The lowest BCUT2D eigenvalue weighted by atomic mass is 10.0. The van der Waals surface area contributed by atoms with Gasteiger partial charge in [-0.3, -0.25) is 4.79 Å². The average Bonchev–Trinajstić information content (AvgIpc) is 2.30. The highest BCUT2D eigenvalue weighted by Crippen LogP contribution is 2.05. The Hall–Kier alpha value is -1.15. The second kappa shape index (κ2) is 7.18. The maximum absolute atomic E-state index is 11.7. The first-order chi connectivity index (χ1) is 7.74. The van der Waals surface area contributed by atoms with Crippen molar-refractivity contribution in [2.45, 2.75) is 33.2 Å². The van der Waals surface area contributed by atoms with Gasteiger partial charge in [-0.05, 0) is 12.0 Å². The van der Waals surface area contributed by atoms with Crippen molar-refractivity contribution in [2.24, 2.45) is 5.92 Å². The van der Waals surface area contributed by atoms with Gasteiger partial charge in [0.15, 0.2) is 0 Å². The molecular formula is C14H21NO. The van der Waals surface area contributed by atoms with Crippen molar-refractivity contribution in [3.05, 3.63) is 35.9 Å². The van der Waals surface area contributed by atoms with Crippen molar-refractivity contribution < 1.29 is 4.79 Å². The summed E-state index contributed by atoms with van der Waals surface area (Å²) in [6, 6.07) is 10.1. The Morgan fingerprint density at radius 3 is 2.62 bits per heavy atom. The first-order valence-corrected chi connectivity index (χ1v) is 6.01. The number of rotatable bonds is 7. The molecule has 1 N–H and O–H groups in total. The molecule has 1 aromatic rings. The molecule has 1 rings (SSSR count). The minimum atomic E-state index is 0.188. The van der Waals surface area contributed by atoms with Crippen LogP contribution in [0.15, 0.2) is 30.3 Å². The summed E-state index contributed by atoms with van der Waals surface area (Å²) in [4.78, 5) is 11.7. The number of benzene rings is 1. The summed E-state index contributed by atoms with van der Waals surface area (Å²) in [7, 11) is 0. The lowest BCUT2D eigenvalue weighted by Crippen LogP contribution is -2.26. The molecule has 1 atom stereocenters. The summed E-state index contributed by atoms with van der Waals surface area (Å²) >= 11 is 0. The molecule has 0 spiro atoms. The number of ketones is 1. The van der Waals surface area contributed by atoms with E-state index in [1.54, 1.807) is 0 Å². The van der Waals surface area contributed by atoms with E-state index in [-0.39, 0.29) is 5.92 Å². The molecule has 1 unspecified atom stereocenters. The van der Waals surface area contributed by atoms with Gasteiger partial charge >= 0.3 is 0 Å².